The van der Waals surface area contributed by atoms with E-state index in [-0.39, 0.29) is 11.9 Å². The zero-order valence-electron chi connectivity index (χ0n) is 15.7. The zero-order chi connectivity index (χ0) is 19.0. The van der Waals surface area contributed by atoms with E-state index >= 15 is 0 Å². The molecular weight excluding hydrogens is 340 g/mol. The largest absolute Gasteiger partial charge is 0.495 e. The van der Waals surface area contributed by atoms with Gasteiger partial charge in [0.1, 0.15) is 23.1 Å². The summed E-state index contributed by atoms with van der Waals surface area (Å²) in [5, 5.41) is 4.28. The van der Waals surface area contributed by atoms with E-state index in [1.54, 1.807) is 13.3 Å². The first kappa shape index (κ1) is 17.3. The summed E-state index contributed by atoms with van der Waals surface area (Å²) in [4.78, 5) is 17.1. The molecule has 1 atom stereocenters. The van der Waals surface area contributed by atoms with Gasteiger partial charge in [0.05, 0.1) is 24.0 Å². The Kier molecular flexibility index (Phi) is 4.44. The number of nitrogens with one attached hydrogen (secondary N) is 1. The van der Waals surface area contributed by atoms with Crippen LogP contribution in [0, 0.1) is 0 Å². The number of hydrogen-bond acceptors (Lipinski definition) is 5. The molecule has 2 heterocycles. The maximum Gasteiger partial charge on any atom is 0.166 e. The molecule has 0 saturated carbocycles. The number of aromatic nitrogens is 1. The quantitative estimate of drug-likeness (QED) is 0.654. The van der Waals surface area contributed by atoms with E-state index < -0.39 is 0 Å². The molecule has 1 aliphatic rings. The van der Waals surface area contributed by atoms with Crippen molar-refractivity contribution in [2.24, 2.45) is 0 Å². The molecule has 4 rings (SSSR count). The van der Waals surface area contributed by atoms with E-state index in [0.29, 0.717) is 17.7 Å². The lowest BCUT2D eigenvalue weighted by Crippen LogP contribution is -2.07. The number of methoxy groups -OCH3 is 1. The smallest absolute Gasteiger partial charge is 0.166 e. The number of para-hydroxylation sites is 2. The Hall–Kier alpha value is -3.08. The van der Waals surface area contributed by atoms with E-state index in [1.165, 1.54) is 0 Å². The second-order valence-corrected chi connectivity index (χ2v) is 6.73. The molecule has 0 bridgehead atoms. The summed E-state index contributed by atoms with van der Waals surface area (Å²) < 4.78 is 11.5. The fourth-order valence-corrected chi connectivity index (χ4v) is 3.55. The minimum Gasteiger partial charge on any atom is -0.495 e. The number of rotatable bonds is 5. The molecule has 1 N–H and O–H groups in total. The van der Waals surface area contributed by atoms with Gasteiger partial charge in [0.15, 0.2) is 5.78 Å². The molecular formula is C22H22N2O3. The van der Waals surface area contributed by atoms with Gasteiger partial charge >= 0.3 is 0 Å². The van der Waals surface area contributed by atoms with Crippen molar-refractivity contribution in [2.45, 2.75) is 32.8 Å². The number of Topliss-reactive ketones (excluding diaryl/α,β-unsaturated/α-hetero) is 1. The molecule has 0 spiro atoms. The highest BCUT2D eigenvalue weighted by Gasteiger charge is 2.25. The number of anilines is 2. The number of carbonyl (C=O) groups is 1. The van der Waals surface area contributed by atoms with Gasteiger partial charge in [0, 0.05) is 30.0 Å². The molecule has 0 aliphatic carbocycles. The van der Waals surface area contributed by atoms with E-state index in [9.17, 15) is 4.79 Å². The van der Waals surface area contributed by atoms with E-state index in [1.807, 2.05) is 37.3 Å². The van der Waals surface area contributed by atoms with Crippen LogP contribution in [0.15, 0.2) is 42.6 Å². The Morgan fingerprint density at radius 2 is 2.11 bits per heavy atom. The third-order valence-corrected chi connectivity index (χ3v) is 4.89. The van der Waals surface area contributed by atoms with Crippen molar-refractivity contribution in [1.82, 2.24) is 4.98 Å². The summed E-state index contributed by atoms with van der Waals surface area (Å²) in [6.07, 6.45) is 3.07. The first-order chi connectivity index (χ1) is 13.1. The average Bonchev–Trinajstić information content (AvgIpc) is 3.08. The van der Waals surface area contributed by atoms with Crippen molar-refractivity contribution in [2.75, 3.05) is 12.4 Å². The van der Waals surface area contributed by atoms with Crippen LogP contribution in [-0.2, 0) is 6.42 Å². The van der Waals surface area contributed by atoms with Gasteiger partial charge < -0.3 is 14.8 Å². The molecule has 0 amide bonds. The van der Waals surface area contributed by atoms with Crippen LogP contribution in [0.1, 0.15) is 36.2 Å². The van der Waals surface area contributed by atoms with Gasteiger partial charge in [-0.05, 0) is 19.1 Å². The van der Waals surface area contributed by atoms with Gasteiger partial charge in [-0.25, -0.2) is 0 Å². The topological polar surface area (TPSA) is 60.5 Å². The molecule has 0 radical (unpaired) electrons. The van der Waals surface area contributed by atoms with E-state index in [0.717, 1.165) is 40.0 Å². The zero-order valence-corrected chi connectivity index (χ0v) is 15.7. The normalized spacial score (nSPS) is 15.3. The minimum absolute atomic E-state index is 0.0385. The van der Waals surface area contributed by atoms with Crippen LogP contribution >= 0.6 is 0 Å². The summed E-state index contributed by atoms with van der Waals surface area (Å²) in [6.45, 7) is 3.90. The highest BCUT2D eigenvalue weighted by atomic mass is 16.5. The van der Waals surface area contributed by atoms with Gasteiger partial charge in [-0.3, -0.25) is 9.78 Å². The van der Waals surface area contributed by atoms with Gasteiger partial charge in [-0.2, -0.15) is 0 Å². The molecule has 0 saturated heterocycles. The molecule has 5 nitrogen and oxygen atoms in total. The number of pyridine rings is 1. The fraction of sp³-hybridized carbons (Fsp3) is 0.273. The number of carbonyl (C=O) groups excluding carboxylic acids is 1. The van der Waals surface area contributed by atoms with Crippen molar-refractivity contribution in [3.05, 3.63) is 53.7 Å². The van der Waals surface area contributed by atoms with Gasteiger partial charge in [0.2, 0.25) is 0 Å². The molecule has 1 unspecified atom stereocenters. The lowest BCUT2D eigenvalue weighted by molar-refractivity contribution is 0.0988. The Morgan fingerprint density at radius 3 is 2.89 bits per heavy atom. The number of nitrogens with zero attached hydrogens (tertiary/aromatic N) is 1. The Morgan fingerprint density at radius 1 is 1.30 bits per heavy atom. The first-order valence-electron chi connectivity index (χ1n) is 9.16. The van der Waals surface area contributed by atoms with Crippen molar-refractivity contribution >= 4 is 28.1 Å². The van der Waals surface area contributed by atoms with Crippen LogP contribution in [0.4, 0.5) is 11.4 Å². The average molecular weight is 362 g/mol. The van der Waals surface area contributed by atoms with Crippen LogP contribution in [0.3, 0.4) is 0 Å². The Labute approximate surface area is 158 Å². The van der Waals surface area contributed by atoms with Crippen LogP contribution in [-0.4, -0.2) is 24.0 Å². The van der Waals surface area contributed by atoms with Crippen molar-refractivity contribution < 1.29 is 14.3 Å². The maximum atomic E-state index is 12.6. The van der Waals surface area contributed by atoms with Gasteiger partial charge in [-0.1, -0.05) is 31.2 Å². The summed E-state index contributed by atoms with van der Waals surface area (Å²) in [5.41, 5.74) is 4.04. The number of benzene rings is 2. The van der Waals surface area contributed by atoms with Crippen LogP contribution in [0.25, 0.3) is 10.9 Å². The van der Waals surface area contributed by atoms with Gasteiger partial charge in [-0.15, -0.1) is 0 Å². The second kappa shape index (κ2) is 6.91. The van der Waals surface area contributed by atoms with Crippen LogP contribution in [0.2, 0.25) is 0 Å². The van der Waals surface area contributed by atoms with Crippen LogP contribution in [0.5, 0.6) is 11.5 Å². The lowest BCUT2D eigenvalue weighted by Gasteiger charge is -2.17. The molecule has 5 heteroatoms. The number of fused-ring (bicyclic) bond motifs is 3. The first-order valence-corrected chi connectivity index (χ1v) is 9.16. The molecule has 2 aromatic carbocycles. The fourth-order valence-electron chi connectivity index (χ4n) is 3.55. The summed E-state index contributed by atoms with van der Waals surface area (Å²) in [5.74, 6) is 1.57. The van der Waals surface area contributed by atoms with Crippen molar-refractivity contribution in [3.8, 4) is 11.5 Å². The number of hydrogen-bond donors (Lipinski definition) is 1. The Balaban J connectivity index is 1.93. The maximum absolute atomic E-state index is 12.6. The monoisotopic (exact) mass is 362 g/mol. The SMILES string of the molecule is CCC(=O)c1cnc2c3c(ccc2c1Nc1ccccc1OC)CC(C)O3. The van der Waals surface area contributed by atoms with Gasteiger partial charge in [0.25, 0.3) is 0 Å². The van der Waals surface area contributed by atoms with Crippen molar-refractivity contribution in [3.63, 3.8) is 0 Å². The van der Waals surface area contributed by atoms with Crippen molar-refractivity contribution in [1.29, 1.82) is 0 Å². The third-order valence-electron chi connectivity index (χ3n) is 4.89. The summed E-state index contributed by atoms with van der Waals surface area (Å²) in [6, 6.07) is 11.7. The predicted molar refractivity (Wildman–Crippen MR) is 106 cm³/mol. The molecule has 1 aliphatic heterocycles. The standard InChI is InChI=1S/C22H22N2O3/c1-4-18(25)16-12-23-21-15(10-9-14-11-13(2)27-22(14)21)20(16)24-17-7-5-6-8-19(17)26-3/h5-10,12-13H,4,11H2,1-3H3,(H,23,24). The van der Waals surface area contributed by atoms with E-state index in [2.05, 4.69) is 23.3 Å². The third kappa shape index (κ3) is 2.99. The molecule has 138 valence electrons. The van der Waals surface area contributed by atoms with Crippen LogP contribution < -0.4 is 14.8 Å². The minimum atomic E-state index is 0.0385. The van der Waals surface area contributed by atoms with E-state index in [4.69, 9.17) is 9.47 Å². The molecule has 1 aromatic heterocycles. The number of ketones is 1. The molecule has 27 heavy (non-hydrogen) atoms. The second-order valence-electron chi connectivity index (χ2n) is 6.73. The summed E-state index contributed by atoms with van der Waals surface area (Å²) >= 11 is 0. The highest BCUT2D eigenvalue weighted by Crippen LogP contribution is 2.40. The Bertz CT molecular complexity index is 1030. The number of ether oxygens (including phenoxy) is 2. The predicted octanol–water partition coefficient (Wildman–Crippen LogP) is 4.90. The molecule has 3 aromatic rings. The lowest BCUT2D eigenvalue weighted by atomic mass is 10.0. The highest BCUT2D eigenvalue weighted by molar-refractivity contribution is 6.10. The summed E-state index contributed by atoms with van der Waals surface area (Å²) in [7, 11) is 1.63. The molecule has 0 fully saturated rings.